The summed E-state index contributed by atoms with van der Waals surface area (Å²) in [5.41, 5.74) is -0.279. The average Bonchev–Trinajstić information content (AvgIpc) is 2.67. The Bertz CT molecular complexity index is 1200. The van der Waals surface area contributed by atoms with Gasteiger partial charge in [-0.15, -0.1) is 0 Å². The molecule has 0 aliphatic rings. The Morgan fingerprint density at radius 1 is 0.759 bits per heavy atom. The summed E-state index contributed by atoms with van der Waals surface area (Å²) in [7, 11) is -5.04. The van der Waals surface area contributed by atoms with Gasteiger partial charge >= 0.3 is 0 Å². The van der Waals surface area contributed by atoms with E-state index in [4.69, 9.17) is 46.4 Å². The van der Waals surface area contributed by atoms with Gasteiger partial charge in [0.15, 0.2) is 10.5 Å². The highest BCUT2D eigenvalue weighted by molar-refractivity contribution is 7.87. The molecule has 29 heavy (non-hydrogen) atoms. The van der Waals surface area contributed by atoms with Crippen LogP contribution in [-0.4, -0.2) is 23.2 Å². The summed E-state index contributed by atoms with van der Waals surface area (Å²) in [6, 6.07) is 12.4. The maximum absolute atomic E-state index is 12.9. The summed E-state index contributed by atoms with van der Waals surface area (Å²) >= 11 is 24.2. The fourth-order valence-corrected chi connectivity index (χ4v) is 5.32. The van der Waals surface area contributed by atoms with Gasteiger partial charge < -0.3 is 10.2 Å². The third-order valence-corrected chi connectivity index (χ3v) is 7.38. The number of rotatable bonds is 4. The van der Waals surface area contributed by atoms with Gasteiger partial charge in [-0.1, -0.05) is 82.8 Å². The van der Waals surface area contributed by atoms with E-state index in [-0.39, 0.29) is 31.8 Å². The smallest absolute Gasteiger partial charge is 0.283 e. The van der Waals surface area contributed by atoms with Gasteiger partial charge in [0.05, 0.1) is 15.1 Å². The van der Waals surface area contributed by atoms with Crippen LogP contribution in [0.3, 0.4) is 0 Å². The lowest BCUT2D eigenvalue weighted by Crippen LogP contribution is -2.38. The van der Waals surface area contributed by atoms with Crippen molar-refractivity contribution in [3.8, 4) is 11.5 Å². The summed E-state index contributed by atoms with van der Waals surface area (Å²) in [5.74, 6) is -1.08. The Kier molecular flexibility index (Phi) is 5.98. The van der Waals surface area contributed by atoms with Gasteiger partial charge in [0, 0.05) is 5.56 Å². The summed E-state index contributed by atoms with van der Waals surface area (Å²) in [5, 5.41) is 19.5. The maximum atomic E-state index is 12.9. The molecule has 3 aromatic carbocycles. The van der Waals surface area contributed by atoms with Crippen molar-refractivity contribution in [1.82, 2.24) is 0 Å². The Hall–Kier alpha value is -1.67. The van der Waals surface area contributed by atoms with Gasteiger partial charge in [-0.05, 0) is 29.3 Å². The van der Waals surface area contributed by atoms with Crippen molar-refractivity contribution in [2.75, 3.05) is 0 Å². The van der Waals surface area contributed by atoms with E-state index in [1.54, 1.807) is 18.2 Å². The first-order valence-corrected chi connectivity index (χ1v) is 10.9. The van der Waals surface area contributed by atoms with E-state index in [0.717, 1.165) is 12.1 Å². The molecule has 0 aliphatic heterocycles. The van der Waals surface area contributed by atoms with Crippen molar-refractivity contribution in [2.45, 2.75) is 4.75 Å². The minimum Gasteiger partial charge on any atom is -0.506 e. The van der Waals surface area contributed by atoms with E-state index < -0.39 is 31.4 Å². The van der Waals surface area contributed by atoms with Crippen molar-refractivity contribution >= 4 is 56.5 Å². The number of benzene rings is 3. The van der Waals surface area contributed by atoms with Gasteiger partial charge in [0.25, 0.3) is 10.1 Å². The Labute approximate surface area is 186 Å². The monoisotopic (exact) mass is 492 g/mol. The highest BCUT2D eigenvalue weighted by atomic mass is 35.5. The fourth-order valence-electron chi connectivity index (χ4n) is 3.17. The molecule has 0 aliphatic carbocycles. The largest absolute Gasteiger partial charge is 0.506 e. The zero-order valence-electron chi connectivity index (χ0n) is 14.3. The van der Waals surface area contributed by atoms with Gasteiger partial charge in [0.1, 0.15) is 10.8 Å². The Morgan fingerprint density at radius 2 is 1.38 bits per heavy atom. The minimum absolute atomic E-state index is 0.0332. The topological polar surface area (TPSA) is 94.8 Å². The zero-order chi connectivity index (χ0) is 21.6. The van der Waals surface area contributed by atoms with Crippen LogP contribution in [0.5, 0.6) is 11.5 Å². The molecule has 0 amide bonds. The number of aromatic hydroxyl groups is 2. The number of hydrogen-bond acceptors (Lipinski definition) is 4. The zero-order valence-corrected chi connectivity index (χ0v) is 18.1. The highest BCUT2D eigenvalue weighted by Crippen LogP contribution is 2.52. The van der Waals surface area contributed by atoms with Crippen molar-refractivity contribution in [2.24, 2.45) is 0 Å². The van der Waals surface area contributed by atoms with Crippen LogP contribution in [0.2, 0.25) is 20.1 Å². The molecule has 0 heterocycles. The van der Waals surface area contributed by atoms with Gasteiger partial charge in [-0.2, -0.15) is 8.42 Å². The number of phenols is 2. The van der Waals surface area contributed by atoms with Crippen LogP contribution in [0.25, 0.3) is 0 Å². The number of halogens is 4. The number of hydrogen-bond donors (Lipinski definition) is 3. The minimum atomic E-state index is -5.04. The second kappa shape index (κ2) is 7.87. The predicted octanol–water partition coefficient (Wildman–Crippen LogP) is 5.89. The molecule has 1 unspecified atom stereocenters. The molecule has 0 saturated heterocycles. The van der Waals surface area contributed by atoms with Gasteiger partial charge in [-0.3, -0.25) is 4.55 Å². The van der Waals surface area contributed by atoms with Gasteiger partial charge in [0.2, 0.25) is 0 Å². The molecule has 0 saturated carbocycles. The van der Waals surface area contributed by atoms with E-state index in [0.29, 0.717) is 0 Å². The van der Waals surface area contributed by atoms with Crippen LogP contribution in [0.1, 0.15) is 16.7 Å². The van der Waals surface area contributed by atoms with Crippen LogP contribution in [0.15, 0.2) is 54.6 Å². The van der Waals surface area contributed by atoms with E-state index in [2.05, 4.69) is 0 Å². The van der Waals surface area contributed by atoms with Crippen LogP contribution >= 0.6 is 46.4 Å². The molecule has 0 spiro atoms. The van der Waals surface area contributed by atoms with Crippen molar-refractivity contribution in [3.63, 3.8) is 0 Å². The molecular weight excluding hydrogens is 482 g/mol. The van der Waals surface area contributed by atoms with Crippen molar-refractivity contribution in [3.05, 3.63) is 91.4 Å². The van der Waals surface area contributed by atoms with Crippen molar-refractivity contribution < 1.29 is 23.2 Å². The van der Waals surface area contributed by atoms with Crippen molar-refractivity contribution in [1.29, 1.82) is 0 Å². The third-order valence-electron chi connectivity index (χ3n) is 4.43. The second-order valence-electron chi connectivity index (χ2n) is 6.07. The first-order chi connectivity index (χ1) is 13.5. The molecule has 0 bridgehead atoms. The van der Waals surface area contributed by atoms with Crippen LogP contribution in [0, 0.1) is 0 Å². The van der Waals surface area contributed by atoms with Gasteiger partial charge in [-0.25, -0.2) is 0 Å². The molecule has 10 heteroatoms. The molecule has 0 fully saturated rings. The maximum Gasteiger partial charge on any atom is 0.283 e. The molecule has 3 N–H and O–H groups in total. The molecule has 3 rings (SSSR count). The standard InChI is InChI=1S/C19H12Cl4O5S/c20-13-7-6-11(8-15(13)24)19(29(26,27)28,10-4-2-1-3-5-10)12-9-14(21)17(23)18(25)16(12)22/h1-9,24-25H,(H,26,27,28). The molecule has 0 radical (unpaired) electrons. The highest BCUT2D eigenvalue weighted by Gasteiger charge is 2.50. The molecule has 1 atom stereocenters. The average molecular weight is 494 g/mol. The predicted molar refractivity (Wildman–Crippen MR) is 114 cm³/mol. The first kappa shape index (κ1) is 22.0. The Morgan fingerprint density at radius 3 is 1.93 bits per heavy atom. The quantitative estimate of drug-likeness (QED) is 0.239. The van der Waals surface area contributed by atoms with E-state index in [1.165, 1.54) is 24.3 Å². The summed E-state index contributed by atoms with van der Waals surface area (Å²) < 4.78 is 34.0. The Balaban J connectivity index is 2.60. The molecule has 3 aromatic rings. The SMILES string of the molecule is O=S(=O)(O)C(c1ccccc1)(c1ccc(Cl)c(O)c1)c1cc(Cl)c(Cl)c(O)c1Cl. The summed E-state index contributed by atoms with van der Waals surface area (Å²) in [6.45, 7) is 0. The fraction of sp³-hybridized carbons (Fsp3) is 0.0526. The van der Waals surface area contributed by atoms with Crippen LogP contribution in [0.4, 0.5) is 0 Å². The summed E-state index contributed by atoms with van der Waals surface area (Å²) in [6.07, 6.45) is 0. The first-order valence-electron chi connectivity index (χ1n) is 7.90. The number of phenolic OH excluding ortho intramolecular Hbond substituents is 2. The normalized spacial score (nSPS) is 13.8. The summed E-state index contributed by atoms with van der Waals surface area (Å²) in [4.78, 5) is 0. The van der Waals surface area contributed by atoms with Crippen LogP contribution in [-0.2, 0) is 14.9 Å². The molecule has 5 nitrogen and oxygen atoms in total. The lowest BCUT2D eigenvalue weighted by Gasteiger charge is -2.33. The lowest BCUT2D eigenvalue weighted by molar-refractivity contribution is 0.455. The lowest BCUT2D eigenvalue weighted by atomic mass is 9.83. The second-order valence-corrected chi connectivity index (χ2v) is 9.20. The third kappa shape index (κ3) is 3.54. The van der Waals surface area contributed by atoms with Crippen LogP contribution < -0.4 is 0 Å². The van der Waals surface area contributed by atoms with E-state index in [9.17, 15) is 23.2 Å². The van der Waals surface area contributed by atoms with E-state index >= 15 is 0 Å². The molecule has 0 aromatic heterocycles. The van der Waals surface area contributed by atoms with E-state index in [1.807, 2.05) is 0 Å². The molecule has 152 valence electrons. The molecular formula is C19H12Cl4O5S.